The maximum atomic E-state index is 11.9. The minimum Gasteiger partial charge on any atom is -0.399 e. The summed E-state index contributed by atoms with van der Waals surface area (Å²) in [6.07, 6.45) is 6.94. The summed E-state index contributed by atoms with van der Waals surface area (Å²) in [4.78, 5) is 27.1. The third-order valence-electron chi connectivity index (χ3n) is 5.98. The van der Waals surface area contributed by atoms with Gasteiger partial charge in [0.05, 0.1) is 10.6 Å². The predicted octanol–water partition coefficient (Wildman–Crippen LogP) is 3.62. The number of aldehydes is 1. The van der Waals surface area contributed by atoms with Crippen LogP contribution in [0.4, 0.5) is 5.69 Å². The number of sulfone groups is 1. The number of benzene rings is 2. The summed E-state index contributed by atoms with van der Waals surface area (Å²) in [5.74, 6) is 0.170. The molecule has 36 heavy (non-hydrogen) atoms. The Labute approximate surface area is 211 Å². The van der Waals surface area contributed by atoms with Crippen LogP contribution in [-0.2, 0) is 14.6 Å². The molecule has 0 amide bonds. The number of ketones is 1. The van der Waals surface area contributed by atoms with Gasteiger partial charge >= 0.3 is 0 Å². The summed E-state index contributed by atoms with van der Waals surface area (Å²) in [7, 11) is -1.40. The van der Waals surface area contributed by atoms with E-state index in [0.717, 1.165) is 30.4 Å². The number of nitrogens with two attached hydrogens (primary N) is 1. The molecular formula is C27H30N4O4S. The second-order valence-corrected chi connectivity index (χ2v) is 10.6. The van der Waals surface area contributed by atoms with Crippen LogP contribution in [0.3, 0.4) is 0 Å². The Morgan fingerprint density at radius 3 is 2.28 bits per heavy atom. The van der Waals surface area contributed by atoms with Crippen LogP contribution >= 0.6 is 0 Å². The molecule has 0 radical (unpaired) electrons. The van der Waals surface area contributed by atoms with E-state index in [1.807, 2.05) is 0 Å². The lowest BCUT2D eigenvalue weighted by atomic mass is 9.87. The zero-order chi connectivity index (χ0) is 26.3. The molecule has 2 aromatic carbocycles. The normalized spacial score (nSPS) is 17.4. The van der Waals surface area contributed by atoms with E-state index in [0.29, 0.717) is 21.7 Å². The van der Waals surface area contributed by atoms with Crippen molar-refractivity contribution in [3.05, 3.63) is 89.7 Å². The van der Waals surface area contributed by atoms with Gasteiger partial charge in [-0.1, -0.05) is 19.1 Å². The van der Waals surface area contributed by atoms with E-state index < -0.39 is 9.84 Å². The van der Waals surface area contributed by atoms with E-state index >= 15 is 0 Å². The van der Waals surface area contributed by atoms with Crippen LogP contribution in [-0.4, -0.2) is 55.5 Å². The summed E-state index contributed by atoms with van der Waals surface area (Å²) >= 11 is 0. The first-order valence-corrected chi connectivity index (χ1v) is 13.4. The minimum atomic E-state index is -3.19. The fraction of sp³-hybridized carbons (Fsp3) is 0.259. The van der Waals surface area contributed by atoms with Gasteiger partial charge in [0.1, 0.15) is 12.3 Å². The molecule has 0 fully saturated rings. The lowest BCUT2D eigenvalue weighted by molar-refractivity contribution is -0.112. The Morgan fingerprint density at radius 1 is 1.08 bits per heavy atom. The Kier molecular flexibility index (Phi) is 8.71. The SMILES string of the molecule is CCC1CC(C=O)N(C)N=C1c1ccc(S(C)(=O)=O)cc1.Nc1ccc(C(=O)c2cccnc2)cc1. The highest BCUT2D eigenvalue weighted by Crippen LogP contribution is 2.26. The van der Waals surface area contributed by atoms with Crippen LogP contribution < -0.4 is 5.73 Å². The van der Waals surface area contributed by atoms with Crippen molar-refractivity contribution in [2.24, 2.45) is 11.0 Å². The van der Waals surface area contributed by atoms with Gasteiger partial charge in [-0.05, 0) is 66.9 Å². The Hall–Kier alpha value is -3.85. The van der Waals surface area contributed by atoms with Gasteiger partial charge < -0.3 is 10.5 Å². The summed E-state index contributed by atoms with van der Waals surface area (Å²) in [6, 6.07) is 16.9. The molecule has 0 saturated heterocycles. The van der Waals surface area contributed by atoms with Crippen LogP contribution in [0.2, 0.25) is 0 Å². The number of hydrogen-bond donors (Lipinski definition) is 1. The predicted molar refractivity (Wildman–Crippen MR) is 141 cm³/mol. The van der Waals surface area contributed by atoms with Crippen molar-refractivity contribution in [1.82, 2.24) is 9.99 Å². The molecule has 1 aromatic heterocycles. The first-order valence-electron chi connectivity index (χ1n) is 11.5. The third-order valence-corrected chi connectivity index (χ3v) is 7.11. The highest BCUT2D eigenvalue weighted by molar-refractivity contribution is 7.90. The molecule has 0 saturated carbocycles. The molecule has 3 aromatic rings. The van der Waals surface area contributed by atoms with Crippen LogP contribution in [0.5, 0.6) is 0 Å². The summed E-state index contributed by atoms with van der Waals surface area (Å²) in [6.45, 7) is 2.07. The second-order valence-electron chi connectivity index (χ2n) is 8.59. The zero-order valence-corrected chi connectivity index (χ0v) is 21.4. The molecule has 2 heterocycles. The van der Waals surface area contributed by atoms with Crippen molar-refractivity contribution in [2.45, 2.75) is 30.7 Å². The highest BCUT2D eigenvalue weighted by atomic mass is 32.2. The Bertz CT molecular complexity index is 1320. The van der Waals surface area contributed by atoms with Crippen LogP contribution in [0.1, 0.15) is 41.3 Å². The molecule has 0 spiro atoms. The van der Waals surface area contributed by atoms with Gasteiger partial charge in [0.2, 0.25) is 0 Å². The first kappa shape index (κ1) is 26.7. The van der Waals surface area contributed by atoms with Crippen molar-refractivity contribution in [3.63, 3.8) is 0 Å². The first-order chi connectivity index (χ1) is 17.1. The third kappa shape index (κ3) is 6.63. The molecule has 2 N–H and O–H groups in total. The molecule has 2 atom stereocenters. The van der Waals surface area contributed by atoms with Crippen molar-refractivity contribution in [2.75, 3.05) is 19.0 Å². The van der Waals surface area contributed by atoms with Crippen molar-refractivity contribution < 1.29 is 18.0 Å². The number of hydrazone groups is 1. The number of nitrogen functional groups attached to an aromatic ring is 1. The Balaban J connectivity index is 0.000000212. The molecule has 4 rings (SSSR count). The number of carbonyl (C=O) groups is 2. The molecule has 9 heteroatoms. The monoisotopic (exact) mass is 506 g/mol. The average molecular weight is 507 g/mol. The standard InChI is InChI=1S/C15H20N2O3S.C12H10N2O/c1-4-11-9-13(10-18)17(2)16-15(11)12-5-7-14(8-6-12)21(3,19)20;13-11-5-3-9(4-6-11)12(15)10-2-1-7-14-8-10/h5-8,10-11,13H,4,9H2,1-3H3;1-8H,13H2. The van der Waals surface area contributed by atoms with E-state index in [2.05, 4.69) is 17.0 Å². The number of nitrogens with zero attached hydrogens (tertiary/aromatic N) is 3. The molecule has 1 aliphatic rings. The molecule has 1 aliphatic heterocycles. The summed E-state index contributed by atoms with van der Waals surface area (Å²) in [5.41, 5.74) is 9.22. The molecule has 188 valence electrons. The number of likely N-dealkylation sites (N-methyl/N-ethyl adjacent to an activating group) is 1. The van der Waals surface area contributed by atoms with Crippen molar-refractivity contribution in [3.8, 4) is 0 Å². The van der Waals surface area contributed by atoms with Gasteiger partial charge in [-0.15, -0.1) is 0 Å². The smallest absolute Gasteiger partial charge is 0.194 e. The van der Waals surface area contributed by atoms with Gasteiger partial charge in [-0.3, -0.25) is 14.8 Å². The number of pyridine rings is 1. The molecule has 8 nitrogen and oxygen atoms in total. The maximum absolute atomic E-state index is 11.9. The van der Waals surface area contributed by atoms with Gasteiger partial charge in [0.15, 0.2) is 15.6 Å². The van der Waals surface area contributed by atoms with Crippen molar-refractivity contribution in [1.29, 1.82) is 0 Å². The molecule has 2 unspecified atom stereocenters. The molecular weight excluding hydrogens is 476 g/mol. The topological polar surface area (TPSA) is 123 Å². The number of anilines is 1. The van der Waals surface area contributed by atoms with E-state index in [-0.39, 0.29) is 17.7 Å². The van der Waals surface area contributed by atoms with E-state index in [9.17, 15) is 18.0 Å². The Morgan fingerprint density at radius 2 is 1.75 bits per heavy atom. The fourth-order valence-corrected chi connectivity index (χ4v) is 4.48. The van der Waals surface area contributed by atoms with Crippen LogP contribution in [0.25, 0.3) is 0 Å². The van der Waals surface area contributed by atoms with Gasteiger partial charge in [-0.25, -0.2) is 8.42 Å². The second kappa shape index (κ2) is 11.7. The van der Waals surface area contributed by atoms with E-state index in [4.69, 9.17) is 5.73 Å². The quantitative estimate of drug-likeness (QED) is 0.308. The van der Waals surface area contributed by atoms with Crippen LogP contribution in [0.15, 0.2) is 83.1 Å². The van der Waals surface area contributed by atoms with Gasteiger partial charge in [0, 0.05) is 48.4 Å². The largest absolute Gasteiger partial charge is 0.399 e. The lowest BCUT2D eigenvalue weighted by Gasteiger charge is -2.32. The molecule has 0 aliphatic carbocycles. The zero-order valence-electron chi connectivity index (χ0n) is 20.5. The summed E-state index contributed by atoms with van der Waals surface area (Å²) in [5, 5.41) is 6.20. The number of hydrogen-bond acceptors (Lipinski definition) is 8. The fourth-order valence-electron chi connectivity index (χ4n) is 3.85. The van der Waals surface area contributed by atoms with E-state index in [1.54, 1.807) is 85.1 Å². The number of rotatable bonds is 6. The minimum absolute atomic E-state index is 0.0388. The highest BCUT2D eigenvalue weighted by Gasteiger charge is 2.28. The maximum Gasteiger partial charge on any atom is 0.194 e. The average Bonchev–Trinajstić information content (AvgIpc) is 2.89. The lowest BCUT2D eigenvalue weighted by Crippen LogP contribution is -2.39. The summed E-state index contributed by atoms with van der Waals surface area (Å²) < 4.78 is 23.0. The number of aromatic nitrogens is 1. The van der Waals surface area contributed by atoms with Gasteiger partial charge in [0.25, 0.3) is 0 Å². The number of carbonyl (C=O) groups excluding carboxylic acids is 2. The van der Waals surface area contributed by atoms with Crippen molar-refractivity contribution >= 4 is 33.3 Å². The van der Waals surface area contributed by atoms with Crippen LogP contribution in [0, 0.1) is 5.92 Å². The molecule has 0 bridgehead atoms. The van der Waals surface area contributed by atoms with E-state index in [1.165, 1.54) is 6.26 Å². The van der Waals surface area contributed by atoms with Gasteiger partial charge in [-0.2, -0.15) is 5.10 Å².